The number of aryl methyl sites for hydroxylation is 1. The van der Waals surface area contributed by atoms with Crippen LogP contribution < -0.4 is 10.6 Å². The van der Waals surface area contributed by atoms with Gasteiger partial charge >= 0.3 is 18.1 Å². The van der Waals surface area contributed by atoms with Gasteiger partial charge in [0.2, 0.25) is 11.8 Å². The molecule has 0 aliphatic heterocycles. The Hall–Kier alpha value is -3.41. The van der Waals surface area contributed by atoms with E-state index in [1.807, 2.05) is 79.7 Å². The SMILES string of the molecule is CN[C@H](C(=O)N[C@H](C(=O)N(C)[C@H](/C=C(\C)C(=O)O)C(C)C)C(C)(C)C)C(C)(C)c1ccc(C)cc1.O=C(O)C(F)(F)F. The lowest BCUT2D eigenvalue weighted by molar-refractivity contribution is -0.192. The first-order chi connectivity index (χ1) is 18.9. The van der Waals surface area contributed by atoms with Crippen LogP contribution >= 0.6 is 0 Å². The fourth-order valence-corrected chi connectivity index (χ4v) is 4.27. The Labute approximate surface area is 246 Å². The average molecular weight is 602 g/mol. The number of aliphatic carboxylic acids is 2. The van der Waals surface area contributed by atoms with Gasteiger partial charge in [0.1, 0.15) is 6.04 Å². The summed E-state index contributed by atoms with van der Waals surface area (Å²) in [5, 5.41) is 22.6. The second-order valence-electron chi connectivity index (χ2n) is 12.3. The van der Waals surface area contributed by atoms with E-state index in [0.717, 1.165) is 11.1 Å². The van der Waals surface area contributed by atoms with Crippen LogP contribution in [0, 0.1) is 18.3 Å². The van der Waals surface area contributed by atoms with Crippen LogP contribution in [0.15, 0.2) is 35.9 Å². The molecule has 0 unspecified atom stereocenters. The van der Waals surface area contributed by atoms with Crippen molar-refractivity contribution in [3.05, 3.63) is 47.0 Å². The van der Waals surface area contributed by atoms with E-state index in [2.05, 4.69) is 10.6 Å². The fourth-order valence-electron chi connectivity index (χ4n) is 4.27. The predicted octanol–water partition coefficient (Wildman–Crippen LogP) is 4.54. The van der Waals surface area contributed by atoms with E-state index >= 15 is 0 Å². The van der Waals surface area contributed by atoms with Gasteiger partial charge in [0, 0.05) is 18.0 Å². The molecule has 0 heterocycles. The van der Waals surface area contributed by atoms with Crippen molar-refractivity contribution >= 4 is 23.8 Å². The standard InChI is InChI=1S/C28H45N3O4.C2HF3O2/c1-17(2)21(16-19(4)26(34)35)31(11)25(33)23(27(5,6)7)30-24(32)22(29-10)28(8,9)20-14-12-18(3)13-15-20;3-2(4,5)1(6)7/h12-17,21-23,29H,1-11H3,(H,30,32)(H,34,35);(H,6,7)/b19-16+;/t21-,22-,23-;/m1./s1. The number of alkyl halides is 3. The lowest BCUT2D eigenvalue weighted by atomic mass is 9.76. The van der Waals surface area contributed by atoms with Gasteiger partial charge in [-0.1, -0.05) is 84.4 Å². The van der Waals surface area contributed by atoms with Gasteiger partial charge in [-0.3, -0.25) is 9.59 Å². The number of hydrogen-bond acceptors (Lipinski definition) is 5. The van der Waals surface area contributed by atoms with E-state index in [4.69, 9.17) is 9.90 Å². The molecule has 0 radical (unpaired) electrons. The number of nitrogens with one attached hydrogen (secondary N) is 2. The molecule has 2 amide bonds. The van der Waals surface area contributed by atoms with Crippen LogP contribution in [0.25, 0.3) is 0 Å². The fraction of sp³-hybridized carbons (Fsp3) is 0.600. The van der Waals surface area contributed by atoms with Gasteiger partial charge in [0.05, 0.1) is 12.1 Å². The molecule has 1 rings (SSSR count). The molecule has 0 aliphatic carbocycles. The monoisotopic (exact) mass is 601 g/mol. The molecule has 0 aromatic heterocycles. The second kappa shape index (κ2) is 15.2. The maximum absolute atomic E-state index is 13.7. The number of carboxylic acid groups (broad SMARTS) is 2. The summed E-state index contributed by atoms with van der Waals surface area (Å²) in [6.07, 6.45) is -3.48. The highest BCUT2D eigenvalue weighted by Crippen LogP contribution is 2.29. The van der Waals surface area contributed by atoms with Gasteiger partial charge in [0.15, 0.2) is 0 Å². The first kappa shape index (κ1) is 38.6. The molecule has 0 saturated heterocycles. The minimum atomic E-state index is -5.08. The Kier molecular flexibility index (Phi) is 13.9. The molecule has 3 atom stereocenters. The molecule has 0 aliphatic rings. The van der Waals surface area contributed by atoms with Gasteiger partial charge in [-0.15, -0.1) is 0 Å². The van der Waals surface area contributed by atoms with Crippen molar-refractivity contribution in [2.75, 3.05) is 14.1 Å². The van der Waals surface area contributed by atoms with Gasteiger partial charge in [-0.2, -0.15) is 13.2 Å². The van der Waals surface area contributed by atoms with Crippen molar-refractivity contribution in [1.82, 2.24) is 15.5 Å². The first-order valence-electron chi connectivity index (χ1n) is 13.4. The highest BCUT2D eigenvalue weighted by Gasteiger charge is 2.42. The minimum absolute atomic E-state index is 0.0138. The van der Waals surface area contributed by atoms with Crippen LogP contribution in [0.1, 0.15) is 66.5 Å². The van der Waals surface area contributed by atoms with E-state index in [9.17, 15) is 32.7 Å². The number of amides is 2. The highest BCUT2D eigenvalue weighted by atomic mass is 19.4. The molecule has 238 valence electrons. The molecular weight excluding hydrogens is 555 g/mol. The maximum Gasteiger partial charge on any atom is 0.490 e. The Morgan fingerprint density at radius 1 is 0.929 bits per heavy atom. The summed E-state index contributed by atoms with van der Waals surface area (Å²) in [5.74, 6) is -4.32. The van der Waals surface area contributed by atoms with Crippen molar-refractivity contribution in [1.29, 1.82) is 0 Å². The minimum Gasteiger partial charge on any atom is -0.478 e. The van der Waals surface area contributed by atoms with Crippen LogP contribution in [0.2, 0.25) is 0 Å². The zero-order chi connectivity index (χ0) is 33.4. The van der Waals surface area contributed by atoms with Crippen molar-refractivity contribution in [2.24, 2.45) is 11.3 Å². The van der Waals surface area contributed by atoms with Crippen molar-refractivity contribution in [3.63, 3.8) is 0 Å². The normalized spacial score (nSPS) is 14.7. The highest BCUT2D eigenvalue weighted by molar-refractivity contribution is 5.91. The summed E-state index contributed by atoms with van der Waals surface area (Å²) in [4.78, 5) is 49.1. The van der Waals surface area contributed by atoms with Gasteiger partial charge in [-0.25, -0.2) is 9.59 Å². The molecule has 4 N–H and O–H groups in total. The van der Waals surface area contributed by atoms with Crippen LogP contribution in [0.5, 0.6) is 0 Å². The van der Waals surface area contributed by atoms with E-state index < -0.39 is 47.1 Å². The van der Waals surface area contributed by atoms with Crippen LogP contribution in [0.3, 0.4) is 0 Å². The maximum atomic E-state index is 13.7. The molecule has 1 aromatic rings. The smallest absolute Gasteiger partial charge is 0.478 e. The number of benzene rings is 1. The summed E-state index contributed by atoms with van der Waals surface area (Å²) in [6, 6.07) is 6.29. The average Bonchev–Trinajstić information content (AvgIpc) is 2.84. The number of carbonyl (C=O) groups excluding carboxylic acids is 2. The van der Waals surface area contributed by atoms with E-state index in [-0.39, 0.29) is 23.3 Å². The van der Waals surface area contributed by atoms with Crippen molar-refractivity contribution in [2.45, 2.75) is 92.0 Å². The first-order valence-corrected chi connectivity index (χ1v) is 13.4. The lowest BCUT2D eigenvalue weighted by Gasteiger charge is -2.40. The number of hydrogen-bond donors (Lipinski definition) is 4. The third-order valence-electron chi connectivity index (χ3n) is 6.95. The van der Waals surface area contributed by atoms with Crippen molar-refractivity contribution < 1.29 is 42.6 Å². The number of carbonyl (C=O) groups is 4. The van der Waals surface area contributed by atoms with E-state index in [0.29, 0.717) is 0 Å². The molecule has 9 nitrogen and oxygen atoms in total. The van der Waals surface area contributed by atoms with Crippen molar-refractivity contribution in [3.8, 4) is 0 Å². The Balaban J connectivity index is 0.00000212. The number of rotatable bonds is 10. The molecule has 0 fully saturated rings. The largest absolute Gasteiger partial charge is 0.490 e. The summed E-state index contributed by atoms with van der Waals surface area (Å²) < 4.78 is 31.7. The molecule has 42 heavy (non-hydrogen) atoms. The quantitative estimate of drug-likeness (QED) is 0.289. The van der Waals surface area contributed by atoms with Crippen LogP contribution in [0.4, 0.5) is 13.2 Å². The molecule has 0 saturated carbocycles. The van der Waals surface area contributed by atoms with Crippen LogP contribution in [-0.4, -0.2) is 77.3 Å². The predicted molar refractivity (Wildman–Crippen MR) is 155 cm³/mol. The Bertz CT molecular complexity index is 1120. The summed E-state index contributed by atoms with van der Waals surface area (Å²) in [6.45, 7) is 17.2. The zero-order valence-electron chi connectivity index (χ0n) is 26.3. The summed E-state index contributed by atoms with van der Waals surface area (Å²) in [7, 11) is 3.41. The van der Waals surface area contributed by atoms with Gasteiger partial charge in [-0.05, 0) is 37.8 Å². The lowest BCUT2D eigenvalue weighted by Crippen LogP contribution is -2.61. The van der Waals surface area contributed by atoms with Gasteiger partial charge in [0.25, 0.3) is 0 Å². The van der Waals surface area contributed by atoms with E-state index in [1.54, 1.807) is 25.1 Å². The Morgan fingerprint density at radius 3 is 1.71 bits per heavy atom. The molecule has 0 bridgehead atoms. The molecular formula is C30H46F3N3O6. The topological polar surface area (TPSA) is 136 Å². The third kappa shape index (κ3) is 11.1. The molecule has 1 aromatic carbocycles. The van der Waals surface area contributed by atoms with E-state index in [1.165, 1.54) is 6.92 Å². The number of halogens is 3. The Morgan fingerprint density at radius 2 is 1.38 bits per heavy atom. The molecule has 12 heteroatoms. The third-order valence-corrected chi connectivity index (χ3v) is 6.95. The molecule has 0 spiro atoms. The van der Waals surface area contributed by atoms with Gasteiger partial charge < -0.3 is 25.7 Å². The summed E-state index contributed by atoms with van der Waals surface area (Å²) >= 11 is 0. The number of carboxylic acids is 2. The van der Waals surface area contributed by atoms with Crippen LogP contribution in [-0.2, 0) is 24.6 Å². The number of nitrogens with zero attached hydrogens (tertiary/aromatic N) is 1. The second-order valence-corrected chi connectivity index (χ2v) is 12.3. The zero-order valence-corrected chi connectivity index (χ0v) is 26.3. The summed E-state index contributed by atoms with van der Waals surface area (Å²) in [5.41, 5.74) is 1.23. The number of likely N-dealkylation sites (N-methyl/N-ethyl adjacent to an activating group) is 2.